The highest BCUT2D eigenvalue weighted by Gasteiger charge is 2.18. The Balaban J connectivity index is 3.45. The summed E-state index contributed by atoms with van der Waals surface area (Å²) in [6, 6.07) is -0.635. The molecule has 1 amide bonds. The van der Waals surface area contributed by atoms with Gasteiger partial charge in [-0.15, -0.1) is 0 Å². The molecule has 0 aromatic heterocycles. The Kier molecular flexibility index (Phi) is 57.5. The fraction of sp³-hybridized carbons (Fsp3) is 0.905. The molecular formula is C63H121NO5. The zero-order valence-electron chi connectivity index (χ0n) is 46.6. The van der Waals surface area contributed by atoms with Crippen LogP contribution in [0.25, 0.3) is 0 Å². The first kappa shape index (κ1) is 67.3. The highest BCUT2D eigenvalue weighted by molar-refractivity contribution is 5.76. The van der Waals surface area contributed by atoms with Crippen LogP contribution in [0, 0.1) is 0 Å². The van der Waals surface area contributed by atoms with E-state index in [-0.39, 0.29) is 18.5 Å². The summed E-state index contributed by atoms with van der Waals surface area (Å²) >= 11 is 0. The van der Waals surface area contributed by atoms with Crippen LogP contribution in [-0.2, 0) is 14.3 Å². The van der Waals surface area contributed by atoms with E-state index in [1.807, 2.05) is 6.08 Å². The minimum absolute atomic E-state index is 0.00310. The summed E-state index contributed by atoms with van der Waals surface area (Å²) in [4.78, 5) is 24.6. The van der Waals surface area contributed by atoms with E-state index < -0.39 is 12.1 Å². The van der Waals surface area contributed by atoms with Crippen molar-refractivity contribution in [2.24, 2.45) is 0 Å². The van der Waals surface area contributed by atoms with Gasteiger partial charge in [0.15, 0.2) is 0 Å². The van der Waals surface area contributed by atoms with Gasteiger partial charge in [-0.05, 0) is 57.8 Å². The molecular weight excluding hydrogens is 851 g/mol. The quantitative estimate of drug-likeness (QED) is 0.0321. The second-order valence-corrected chi connectivity index (χ2v) is 21.4. The Bertz CT molecular complexity index is 1080. The standard InChI is InChI=1S/C63H121NO5/c1-3-5-7-9-11-13-15-17-19-21-22-23-25-27-31-35-39-43-47-51-55-61(66)60(59-65)64-62(67)56-52-48-44-40-36-32-28-26-30-34-38-42-46-50-54-58-69-63(68)57-53-49-45-41-37-33-29-24-20-18-16-14-12-10-8-6-4-2/h18,20,51,55,60-61,65-66H,3-17,19,21-50,52-54,56-59H2,1-2H3,(H,64,67)/b20-18-,55-51+. The van der Waals surface area contributed by atoms with E-state index in [9.17, 15) is 19.8 Å². The zero-order chi connectivity index (χ0) is 50.0. The van der Waals surface area contributed by atoms with Crippen LogP contribution in [0.1, 0.15) is 341 Å². The zero-order valence-corrected chi connectivity index (χ0v) is 46.6. The number of unbranched alkanes of at least 4 members (excludes halogenated alkanes) is 45. The van der Waals surface area contributed by atoms with Crippen molar-refractivity contribution in [3.8, 4) is 0 Å². The van der Waals surface area contributed by atoms with Crippen LogP contribution in [0.2, 0.25) is 0 Å². The highest BCUT2D eigenvalue weighted by Crippen LogP contribution is 2.17. The average Bonchev–Trinajstić information content (AvgIpc) is 3.35. The molecule has 0 fully saturated rings. The molecule has 6 heteroatoms. The lowest BCUT2D eigenvalue weighted by molar-refractivity contribution is -0.143. The molecule has 2 atom stereocenters. The molecule has 0 aliphatic heterocycles. The number of aliphatic hydroxyl groups excluding tert-OH is 2. The van der Waals surface area contributed by atoms with Gasteiger partial charge in [0.25, 0.3) is 0 Å². The summed E-state index contributed by atoms with van der Waals surface area (Å²) in [6.07, 6.45) is 72.1. The molecule has 69 heavy (non-hydrogen) atoms. The summed E-state index contributed by atoms with van der Waals surface area (Å²) in [5, 5.41) is 23.2. The third-order valence-corrected chi connectivity index (χ3v) is 14.5. The van der Waals surface area contributed by atoms with Crippen LogP contribution in [0.3, 0.4) is 0 Å². The SMILES string of the molecule is CCCCCCCC/C=C\CCCCCCCCCC(=O)OCCCCCCCCCCCCCCCCCC(=O)NC(CO)C(O)/C=C/CCCCCCCCCCCCCCCCCCCC. The highest BCUT2D eigenvalue weighted by atomic mass is 16.5. The lowest BCUT2D eigenvalue weighted by Crippen LogP contribution is -2.45. The smallest absolute Gasteiger partial charge is 0.305 e. The van der Waals surface area contributed by atoms with Crippen molar-refractivity contribution in [2.45, 2.75) is 353 Å². The fourth-order valence-corrected chi connectivity index (χ4v) is 9.69. The number of nitrogens with one attached hydrogen (secondary N) is 1. The topological polar surface area (TPSA) is 95.9 Å². The van der Waals surface area contributed by atoms with Crippen molar-refractivity contribution in [1.29, 1.82) is 0 Å². The lowest BCUT2D eigenvalue weighted by atomic mass is 10.0. The second kappa shape index (κ2) is 58.9. The van der Waals surface area contributed by atoms with E-state index >= 15 is 0 Å². The maximum absolute atomic E-state index is 12.5. The van der Waals surface area contributed by atoms with E-state index in [1.165, 1.54) is 263 Å². The number of allylic oxidation sites excluding steroid dienone is 3. The molecule has 0 aromatic rings. The number of hydrogen-bond acceptors (Lipinski definition) is 5. The number of hydrogen-bond donors (Lipinski definition) is 3. The normalized spacial score (nSPS) is 12.7. The molecule has 0 aliphatic rings. The van der Waals surface area contributed by atoms with Crippen LogP contribution in [-0.4, -0.2) is 47.4 Å². The van der Waals surface area contributed by atoms with Crippen molar-refractivity contribution in [3.05, 3.63) is 24.3 Å². The molecule has 0 rings (SSSR count). The van der Waals surface area contributed by atoms with E-state index in [4.69, 9.17) is 4.74 Å². The summed E-state index contributed by atoms with van der Waals surface area (Å²) in [5.41, 5.74) is 0. The van der Waals surface area contributed by atoms with Gasteiger partial charge in [0.05, 0.1) is 25.4 Å². The van der Waals surface area contributed by atoms with Gasteiger partial charge < -0.3 is 20.3 Å². The molecule has 0 saturated heterocycles. The third kappa shape index (κ3) is 55.5. The fourth-order valence-electron chi connectivity index (χ4n) is 9.69. The first-order chi connectivity index (χ1) is 34.0. The van der Waals surface area contributed by atoms with Gasteiger partial charge in [0.1, 0.15) is 0 Å². The maximum atomic E-state index is 12.5. The lowest BCUT2D eigenvalue weighted by Gasteiger charge is -2.20. The van der Waals surface area contributed by atoms with Crippen LogP contribution in [0.4, 0.5) is 0 Å². The Morgan fingerprint density at radius 3 is 1.03 bits per heavy atom. The van der Waals surface area contributed by atoms with Crippen LogP contribution >= 0.6 is 0 Å². The van der Waals surface area contributed by atoms with Crippen LogP contribution < -0.4 is 5.32 Å². The molecule has 0 bridgehead atoms. The van der Waals surface area contributed by atoms with Gasteiger partial charge in [-0.2, -0.15) is 0 Å². The largest absolute Gasteiger partial charge is 0.466 e. The van der Waals surface area contributed by atoms with Crippen LogP contribution in [0.5, 0.6) is 0 Å². The third-order valence-electron chi connectivity index (χ3n) is 14.5. The molecule has 408 valence electrons. The molecule has 0 aromatic carbocycles. The van der Waals surface area contributed by atoms with Gasteiger partial charge in [0, 0.05) is 12.8 Å². The number of carbonyl (C=O) groups is 2. The summed E-state index contributed by atoms with van der Waals surface area (Å²) in [6.45, 7) is 4.91. The number of aliphatic hydroxyl groups is 2. The van der Waals surface area contributed by atoms with Crippen molar-refractivity contribution in [1.82, 2.24) is 5.32 Å². The Morgan fingerprint density at radius 1 is 0.391 bits per heavy atom. The van der Waals surface area contributed by atoms with Crippen molar-refractivity contribution >= 4 is 11.9 Å². The monoisotopic (exact) mass is 972 g/mol. The number of esters is 1. The Labute approximate surface area is 431 Å². The first-order valence-electron chi connectivity index (χ1n) is 31.1. The molecule has 0 spiro atoms. The Hall–Kier alpha value is -1.66. The van der Waals surface area contributed by atoms with Gasteiger partial charge in [0.2, 0.25) is 5.91 Å². The maximum Gasteiger partial charge on any atom is 0.305 e. The van der Waals surface area contributed by atoms with Gasteiger partial charge in [-0.1, -0.05) is 295 Å². The van der Waals surface area contributed by atoms with Gasteiger partial charge >= 0.3 is 5.97 Å². The molecule has 0 radical (unpaired) electrons. The molecule has 0 heterocycles. The van der Waals surface area contributed by atoms with E-state index in [0.29, 0.717) is 19.4 Å². The van der Waals surface area contributed by atoms with Gasteiger partial charge in [-0.3, -0.25) is 9.59 Å². The predicted molar refractivity (Wildman–Crippen MR) is 301 cm³/mol. The van der Waals surface area contributed by atoms with Crippen LogP contribution in [0.15, 0.2) is 24.3 Å². The van der Waals surface area contributed by atoms with Crippen molar-refractivity contribution in [2.75, 3.05) is 13.2 Å². The van der Waals surface area contributed by atoms with Crippen molar-refractivity contribution in [3.63, 3.8) is 0 Å². The predicted octanol–water partition coefficient (Wildman–Crippen LogP) is 19.4. The van der Waals surface area contributed by atoms with E-state index in [2.05, 4.69) is 31.3 Å². The number of rotatable bonds is 58. The first-order valence-corrected chi connectivity index (χ1v) is 31.1. The summed E-state index contributed by atoms with van der Waals surface area (Å²) < 4.78 is 5.49. The molecule has 3 N–H and O–H groups in total. The molecule has 6 nitrogen and oxygen atoms in total. The molecule has 0 aliphatic carbocycles. The molecule has 2 unspecified atom stereocenters. The van der Waals surface area contributed by atoms with Gasteiger partial charge in [-0.25, -0.2) is 0 Å². The minimum Gasteiger partial charge on any atom is -0.466 e. The Morgan fingerprint density at radius 2 is 0.681 bits per heavy atom. The number of ether oxygens (including phenoxy) is 1. The van der Waals surface area contributed by atoms with Crippen molar-refractivity contribution < 1.29 is 24.5 Å². The van der Waals surface area contributed by atoms with E-state index in [0.717, 1.165) is 51.4 Å². The molecule has 0 saturated carbocycles. The summed E-state index contributed by atoms with van der Waals surface area (Å²) in [5.74, 6) is -0.0767. The number of carbonyl (C=O) groups excluding carboxylic acids is 2. The summed E-state index contributed by atoms with van der Waals surface area (Å²) in [7, 11) is 0. The number of amides is 1. The second-order valence-electron chi connectivity index (χ2n) is 21.4. The van der Waals surface area contributed by atoms with E-state index in [1.54, 1.807) is 6.08 Å². The minimum atomic E-state index is -0.851. The average molecular weight is 973 g/mol.